The van der Waals surface area contributed by atoms with Gasteiger partial charge in [0.2, 0.25) is 5.91 Å². The Bertz CT molecular complexity index is 905. The maximum absolute atomic E-state index is 13.6. The van der Waals surface area contributed by atoms with E-state index < -0.39 is 47.9 Å². The van der Waals surface area contributed by atoms with E-state index in [-0.39, 0.29) is 32.4 Å². The quantitative estimate of drug-likeness (QED) is 0.633. The van der Waals surface area contributed by atoms with Gasteiger partial charge in [0.1, 0.15) is 11.6 Å². The number of alkyl carbamates (subject to hydrolysis) is 1. The van der Waals surface area contributed by atoms with Gasteiger partial charge in [-0.05, 0) is 59.5 Å². The summed E-state index contributed by atoms with van der Waals surface area (Å²) in [6, 6.07) is 6.49. The first-order valence-corrected chi connectivity index (χ1v) is 12.1. The van der Waals surface area contributed by atoms with Crippen molar-refractivity contribution in [2.24, 2.45) is 0 Å². The standard InChI is InChI=1S/C25H37BF2N2O5/c1-22(2,3)33-21(32)29-19(20(31)30-14-12-25(27,28)13-15-30)16-17-8-10-18(11-9-17)26-34-23(4,5)24(6,7)35-26/h8-11,19H,12-16H2,1-7H3,(H,29,32)/t19-/m0/s1. The van der Waals surface area contributed by atoms with Crippen LogP contribution in [0.3, 0.4) is 0 Å². The van der Waals surface area contributed by atoms with Crippen LogP contribution in [-0.4, -0.2) is 65.9 Å². The molecule has 0 bridgehead atoms. The molecule has 3 rings (SSSR count). The summed E-state index contributed by atoms with van der Waals surface area (Å²) in [4.78, 5) is 27.0. The van der Waals surface area contributed by atoms with E-state index in [0.717, 1.165) is 11.0 Å². The van der Waals surface area contributed by atoms with Gasteiger partial charge in [-0.2, -0.15) is 0 Å². The van der Waals surface area contributed by atoms with Crippen LogP contribution in [0.25, 0.3) is 0 Å². The lowest BCUT2D eigenvalue weighted by molar-refractivity contribution is -0.139. The Morgan fingerprint density at radius 2 is 1.57 bits per heavy atom. The fraction of sp³-hybridized carbons (Fsp3) is 0.680. The van der Waals surface area contributed by atoms with Gasteiger partial charge < -0.3 is 24.3 Å². The van der Waals surface area contributed by atoms with Crippen molar-refractivity contribution in [3.05, 3.63) is 29.8 Å². The third kappa shape index (κ3) is 6.94. The van der Waals surface area contributed by atoms with E-state index in [1.54, 1.807) is 20.8 Å². The minimum absolute atomic E-state index is 0.0564. The highest BCUT2D eigenvalue weighted by atomic mass is 19.3. The highest BCUT2D eigenvalue weighted by Gasteiger charge is 2.51. The zero-order chi connectivity index (χ0) is 26.2. The van der Waals surface area contributed by atoms with Crippen molar-refractivity contribution in [3.8, 4) is 0 Å². The second-order valence-electron chi connectivity index (χ2n) is 11.4. The highest BCUT2D eigenvalue weighted by Crippen LogP contribution is 2.36. The first kappa shape index (κ1) is 27.4. The van der Waals surface area contributed by atoms with Gasteiger partial charge in [-0.15, -0.1) is 0 Å². The van der Waals surface area contributed by atoms with Crippen LogP contribution in [0.4, 0.5) is 13.6 Å². The molecule has 0 aliphatic carbocycles. The highest BCUT2D eigenvalue weighted by molar-refractivity contribution is 6.62. The van der Waals surface area contributed by atoms with Gasteiger partial charge >= 0.3 is 13.2 Å². The largest absolute Gasteiger partial charge is 0.494 e. The Balaban J connectivity index is 1.73. The van der Waals surface area contributed by atoms with Crippen molar-refractivity contribution in [2.45, 2.75) is 96.5 Å². The minimum atomic E-state index is -2.77. The summed E-state index contributed by atoms with van der Waals surface area (Å²) in [5.74, 6) is -3.17. The maximum Gasteiger partial charge on any atom is 0.494 e. The third-order valence-corrected chi connectivity index (χ3v) is 6.74. The van der Waals surface area contributed by atoms with Gasteiger partial charge in [-0.3, -0.25) is 4.79 Å². The molecule has 2 heterocycles. The molecule has 2 saturated heterocycles. The number of carbonyl (C=O) groups excluding carboxylic acids is 2. The molecule has 10 heteroatoms. The van der Waals surface area contributed by atoms with Crippen molar-refractivity contribution in [1.82, 2.24) is 10.2 Å². The van der Waals surface area contributed by atoms with Crippen LogP contribution >= 0.6 is 0 Å². The van der Waals surface area contributed by atoms with E-state index in [2.05, 4.69) is 5.32 Å². The Kier molecular flexibility index (Phi) is 7.59. The summed E-state index contributed by atoms with van der Waals surface area (Å²) >= 11 is 0. The number of carbonyl (C=O) groups is 2. The maximum atomic E-state index is 13.6. The lowest BCUT2D eigenvalue weighted by Gasteiger charge is -2.34. The molecule has 1 atom stereocenters. The van der Waals surface area contributed by atoms with Crippen molar-refractivity contribution in [3.63, 3.8) is 0 Å². The molecular weight excluding hydrogens is 457 g/mol. The van der Waals surface area contributed by atoms with Crippen LogP contribution in [0.15, 0.2) is 24.3 Å². The summed E-state index contributed by atoms with van der Waals surface area (Å²) in [5.41, 5.74) is -0.0296. The number of hydrogen-bond acceptors (Lipinski definition) is 5. The van der Waals surface area contributed by atoms with E-state index in [0.29, 0.717) is 0 Å². The number of halogens is 2. The molecule has 194 valence electrons. The van der Waals surface area contributed by atoms with Gasteiger partial charge in [-0.25, -0.2) is 13.6 Å². The van der Waals surface area contributed by atoms with Gasteiger partial charge in [0, 0.05) is 32.4 Å². The van der Waals surface area contributed by atoms with Crippen LogP contribution in [-0.2, 0) is 25.3 Å². The van der Waals surface area contributed by atoms with Crippen molar-refractivity contribution in [1.29, 1.82) is 0 Å². The lowest BCUT2D eigenvalue weighted by Crippen LogP contribution is -2.53. The van der Waals surface area contributed by atoms with Crippen LogP contribution in [0, 0.1) is 0 Å². The van der Waals surface area contributed by atoms with Gasteiger partial charge in [-0.1, -0.05) is 24.3 Å². The number of hydrogen-bond donors (Lipinski definition) is 1. The Morgan fingerprint density at radius 1 is 1.06 bits per heavy atom. The smallest absolute Gasteiger partial charge is 0.444 e. The van der Waals surface area contributed by atoms with Crippen molar-refractivity contribution in [2.75, 3.05) is 13.1 Å². The van der Waals surface area contributed by atoms with Crippen LogP contribution in [0.5, 0.6) is 0 Å². The lowest BCUT2D eigenvalue weighted by atomic mass is 9.78. The fourth-order valence-electron chi connectivity index (χ4n) is 3.95. The average molecular weight is 494 g/mol. The monoisotopic (exact) mass is 494 g/mol. The first-order chi connectivity index (χ1) is 16.0. The number of likely N-dealkylation sites (tertiary alicyclic amines) is 1. The molecule has 1 N–H and O–H groups in total. The predicted octanol–water partition coefficient (Wildman–Crippen LogP) is 3.68. The number of rotatable bonds is 5. The van der Waals surface area contributed by atoms with Crippen molar-refractivity contribution >= 4 is 24.6 Å². The minimum Gasteiger partial charge on any atom is -0.444 e. The Labute approximate surface area is 207 Å². The summed E-state index contributed by atoms with van der Waals surface area (Å²) in [6.07, 6.45) is -1.32. The molecule has 0 spiro atoms. The first-order valence-electron chi connectivity index (χ1n) is 12.1. The molecule has 0 unspecified atom stereocenters. The Morgan fingerprint density at radius 3 is 2.06 bits per heavy atom. The number of nitrogens with zero attached hydrogens (tertiary/aromatic N) is 1. The zero-order valence-electron chi connectivity index (χ0n) is 21.7. The zero-order valence-corrected chi connectivity index (χ0v) is 21.7. The molecule has 2 aliphatic rings. The summed E-state index contributed by atoms with van der Waals surface area (Å²) in [6.45, 7) is 13.0. The molecule has 1 aromatic carbocycles. The molecule has 0 radical (unpaired) electrons. The van der Waals surface area contributed by atoms with Gasteiger partial charge in [0.15, 0.2) is 0 Å². The van der Waals surface area contributed by atoms with E-state index in [9.17, 15) is 18.4 Å². The molecular formula is C25H37BF2N2O5. The second-order valence-corrected chi connectivity index (χ2v) is 11.4. The SMILES string of the molecule is CC(C)(C)OC(=O)N[C@@H](Cc1ccc(B2OC(C)(C)C(C)(C)O2)cc1)C(=O)N1CCC(F)(F)CC1. The fourth-order valence-corrected chi connectivity index (χ4v) is 3.95. The van der Waals surface area contributed by atoms with E-state index in [1.165, 1.54) is 4.90 Å². The van der Waals surface area contributed by atoms with Gasteiger partial charge in [0.25, 0.3) is 5.92 Å². The number of ether oxygens (including phenoxy) is 1. The summed E-state index contributed by atoms with van der Waals surface area (Å²) in [7, 11) is -0.513. The number of alkyl halides is 2. The summed E-state index contributed by atoms with van der Waals surface area (Å²) in [5, 5.41) is 2.64. The summed E-state index contributed by atoms with van der Waals surface area (Å²) < 4.78 is 44.7. The van der Waals surface area contributed by atoms with Crippen LogP contribution < -0.4 is 10.8 Å². The topological polar surface area (TPSA) is 77.1 Å². The molecule has 1 aromatic rings. The molecule has 35 heavy (non-hydrogen) atoms. The molecule has 2 fully saturated rings. The second kappa shape index (κ2) is 9.69. The number of benzene rings is 1. The molecule has 0 aromatic heterocycles. The van der Waals surface area contributed by atoms with E-state index >= 15 is 0 Å². The molecule has 0 saturated carbocycles. The third-order valence-electron chi connectivity index (χ3n) is 6.74. The van der Waals surface area contributed by atoms with Crippen LogP contribution in [0.1, 0.15) is 66.9 Å². The molecule has 2 aliphatic heterocycles. The molecule has 2 amide bonds. The predicted molar refractivity (Wildman–Crippen MR) is 130 cm³/mol. The van der Waals surface area contributed by atoms with Crippen LogP contribution in [0.2, 0.25) is 0 Å². The van der Waals surface area contributed by atoms with E-state index in [1.807, 2.05) is 52.0 Å². The normalized spacial score (nSPS) is 22.0. The number of nitrogens with one attached hydrogen (secondary N) is 1. The molecule has 7 nitrogen and oxygen atoms in total. The average Bonchev–Trinajstić information content (AvgIpc) is 2.93. The van der Waals surface area contributed by atoms with E-state index in [4.69, 9.17) is 14.0 Å². The number of piperidine rings is 1. The van der Waals surface area contributed by atoms with Crippen molar-refractivity contribution < 1.29 is 32.4 Å². The van der Waals surface area contributed by atoms with Gasteiger partial charge in [0.05, 0.1) is 11.2 Å². The Hall–Kier alpha value is -2.20. The number of amides is 2.